The number of aryl methyl sites for hydroxylation is 1. The largest absolute Gasteiger partial charge is 0.506 e. The van der Waals surface area contributed by atoms with Crippen LogP contribution in [0.25, 0.3) is 6.08 Å². The van der Waals surface area contributed by atoms with Crippen LogP contribution in [0.5, 0.6) is 0 Å². The van der Waals surface area contributed by atoms with Crippen LogP contribution in [0.2, 0.25) is 0 Å². The topological polar surface area (TPSA) is 58.9 Å². The molecule has 4 nitrogen and oxygen atoms in total. The third-order valence-corrected chi connectivity index (χ3v) is 4.66. The van der Waals surface area contributed by atoms with Gasteiger partial charge in [0.05, 0.1) is 17.7 Å². The standard InChI is InChI=1S/C20H17NO3S/c1-13-8-10-14(11-9-13)12-16-18(22)17(20(23)24-2)19(25-16)21-15-6-4-3-5-7-15/h3-12,22H,1-2H3/b16-12-,21-19?. The summed E-state index contributed by atoms with van der Waals surface area (Å²) >= 11 is 1.25. The van der Waals surface area contributed by atoms with Gasteiger partial charge in [-0.05, 0) is 30.7 Å². The van der Waals surface area contributed by atoms with E-state index in [4.69, 9.17) is 4.74 Å². The molecule has 0 aliphatic carbocycles. The molecule has 1 aliphatic heterocycles. The van der Waals surface area contributed by atoms with Crippen molar-refractivity contribution in [2.24, 2.45) is 4.99 Å². The summed E-state index contributed by atoms with van der Waals surface area (Å²) in [6.07, 6.45) is 1.83. The van der Waals surface area contributed by atoms with E-state index in [2.05, 4.69) is 4.99 Å². The number of nitrogens with zero attached hydrogens (tertiary/aromatic N) is 1. The van der Waals surface area contributed by atoms with Crippen molar-refractivity contribution in [3.63, 3.8) is 0 Å². The number of aliphatic imine (C=N–C) groups is 1. The monoisotopic (exact) mass is 351 g/mol. The van der Waals surface area contributed by atoms with Gasteiger partial charge in [0, 0.05) is 0 Å². The first-order chi connectivity index (χ1) is 12.1. The van der Waals surface area contributed by atoms with Crippen LogP contribution in [-0.2, 0) is 9.53 Å². The Kier molecular flexibility index (Phi) is 5.05. The van der Waals surface area contributed by atoms with E-state index >= 15 is 0 Å². The minimum absolute atomic E-state index is 0.0923. The number of aliphatic hydroxyl groups is 1. The molecule has 25 heavy (non-hydrogen) atoms. The molecule has 0 atom stereocenters. The van der Waals surface area contributed by atoms with E-state index in [1.807, 2.05) is 67.6 Å². The predicted octanol–water partition coefficient (Wildman–Crippen LogP) is 4.80. The first kappa shape index (κ1) is 17.0. The number of carbonyl (C=O) groups excluding carboxylic acids is 1. The molecule has 5 heteroatoms. The molecule has 1 aliphatic rings. The number of aliphatic hydroxyl groups excluding tert-OH is 1. The van der Waals surface area contributed by atoms with E-state index in [0.29, 0.717) is 15.6 Å². The number of thioether (sulfide) groups is 1. The minimum Gasteiger partial charge on any atom is -0.506 e. The fourth-order valence-corrected chi connectivity index (χ4v) is 3.36. The summed E-state index contributed by atoms with van der Waals surface area (Å²) in [5, 5.41) is 10.9. The fraction of sp³-hybridized carbons (Fsp3) is 0.100. The number of rotatable bonds is 3. The predicted molar refractivity (Wildman–Crippen MR) is 102 cm³/mol. The second kappa shape index (κ2) is 7.40. The minimum atomic E-state index is -0.605. The average Bonchev–Trinajstić information content (AvgIpc) is 2.92. The highest BCUT2D eigenvalue weighted by atomic mass is 32.2. The van der Waals surface area contributed by atoms with Gasteiger partial charge in [0.25, 0.3) is 0 Å². The Bertz CT molecular complexity index is 881. The molecule has 0 unspecified atom stereocenters. The molecule has 1 N–H and O–H groups in total. The lowest BCUT2D eigenvalue weighted by Gasteiger charge is -2.01. The molecular formula is C20H17NO3S. The normalized spacial score (nSPS) is 17.4. The van der Waals surface area contributed by atoms with Gasteiger partial charge in [-0.15, -0.1) is 0 Å². The van der Waals surface area contributed by atoms with E-state index in [1.54, 1.807) is 0 Å². The van der Waals surface area contributed by atoms with E-state index in [-0.39, 0.29) is 11.3 Å². The lowest BCUT2D eigenvalue weighted by Crippen LogP contribution is -2.10. The Morgan fingerprint density at radius 1 is 1.12 bits per heavy atom. The lowest BCUT2D eigenvalue weighted by atomic mass is 10.1. The van der Waals surface area contributed by atoms with Crippen LogP contribution in [0, 0.1) is 6.92 Å². The van der Waals surface area contributed by atoms with Crippen LogP contribution in [0.3, 0.4) is 0 Å². The Hall–Kier alpha value is -2.79. The van der Waals surface area contributed by atoms with Gasteiger partial charge in [0.15, 0.2) is 0 Å². The number of methoxy groups -OCH3 is 1. The van der Waals surface area contributed by atoms with Crippen molar-refractivity contribution >= 4 is 34.5 Å². The Labute approximate surface area is 150 Å². The highest BCUT2D eigenvalue weighted by Crippen LogP contribution is 2.40. The number of benzene rings is 2. The zero-order chi connectivity index (χ0) is 17.8. The van der Waals surface area contributed by atoms with Gasteiger partial charge in [-0.25, -0.2) is 9.79 Å². The molecule has 0 spiro atoms. The zero-order valence-corrected chi connectivity index (χ0v) is 14.7. The van der Waals surface area contributed by atoms with Gasteiger partial charge in [0.1, 0.15) is 16.4 Å². The van der Waals surface area contributed by atoms with Crippen molar-refractivity contribution < 1.29 is 14.6 Å². The average molecular weight is 351 g/mol. The SMILES string of the molecule is COC(=O)C1=C(O)/C(=C/c2ccc(C)cc2)SC1=Nc1ccccc1. The Morgan fingerprint density at radius 3 is 2.44 bits per heavy atom. The number of hydrogen-bond donors (Lipinski definition) is 1. The van der Waals surface area contributed by atoms with Gasteiger partial charge < -0.3 is 9.84 Å². The van der Waals surface area contributed by atoms with Crippen LogP contribution in [0.15, 0.2) is 75.8 Å². The summed E-state index contributed by atoms with van der Waals surface area (Å²) in [6.45, 7) is 2.01. The number of hydrogen-bond acceptors (Lipinski definition) is 5. The van der Waals surface area contributed by atoms with Crippen molar-refractivity contribution in [3.8, 4) is 0 Å². The second-order valence-electron chi connectivity index (χ2n) is 5.49. The molecule has 0 fully saturated rings. The van der Waals surface area contributed by atoms with Crippen LogP contribution < -0.4 is 0 Å². The van der Waals surface area contributed by atoms with Crippen LogP contribution in [0.1, 0.15) is 11.1 Å². The molecule has 0 radical (unpaired) electrons. The number of ether oxygens (including phenoxy) is 1. The number of para-hydroxylation sites is 1. The van der Waals surface area contributed by atoms with Crippen LogP contribution in [0.4, 0.5) is 5.69 Å². The Balaban J connectivity index is 2.03. The first-order valence-corrected chi connectivity index (χ1v) is 8.52. The van der Waals surface area contributed by atoms with Crippen molar-refractivity contribution in [2.75, 3.05) is 7.11 Å². The summed E-state index contributed by atoms with van der Waals surface area (Å²) in [4.78, 5) is 17.2. The van der Waals surface area contributed by atoms with Gasteiger partial charge in [0.2, 0.25) is 0 Å². The molecule has 126 valence electrons. The first-order valence-electron chi connectivity index (χ1n) is 7.70. The van der Waals surface area contributed by atoms with Crippen molar-refractivity contribution in [3.05, 3.63) is 82.0 Å². The van der Waals surface area contributed by atoms with E-state index in [9.17, 15) is 9.90 Å². The Morgan fingerprint density at radius 2 is 1.80 bits per heavy atom. The molecule has 3 rings (SSSR count). The quantitative estimate of drug-likeness (QED) is 0.807. The lowest BCUT2D eigenvalue weighted by molar-refractivity contribution is -0.135. The van der Waals surface area contributed by atoms with E-state index < -0.39 is 5.97 Å². The second-order valence-corrected chi connectivity index (χ2v) is 6.52. The van der Waals surface area contributed by atoms with Crippen LogP contribution >= 0.6 is 11.8 Å². The van der Waals surface area contributed by atoms with E-state index in [0.717, 1.165) is 11.1 Å². The molecule has 0 saturated heterocycles. The molecule has 2 aromatic rings. The van der Waals surface area contributed by atoms with Crippen molar-refractivity contribution in [1.29, 1.82) is 0 Å². The number of esters is 1. The highest BCUT2D eigenvalue weighted by molar-refractivity contribution is 8.18. The molecular weight excluding hydrogens is 334 g/mol. The molecule has 0 aromatic heterocycles. The van der Waals surface area contributed by atoms with Gasteiger partial charge in [-0.2, -0.15) is 0 Å². The maximum Gasteiger partial charge on any atom is 0.344 e. The summed E-state index contributed by atoms with van der Waals surface area (Å²) in [5.74, 6) is -0.709. The summed E-state index contributed by atoms with van der Waals surface area (Å²) < 4.78 is 4.81. The maximum atomic E-state index is 12.1. The number of carbonyl (C=O) groups is 1. The summed E-state index contributed by atoms with van der Waals surface area (Å²) in [5.41, 5.74) is 2.89. The molecule has 0 bridgehead atoms. The smallest absolute Gasteiger partial charge is 0.344 e. The van der Waals surface area contributed by atoms with Gasteiger partial charge >= 0.3 is 5.97 Å². The highest BCUT2D eigenvalue weighted by Gasteiger charge is 2.32. The molecule has 0 saturated carbocycles. The maximum absolute atomic E-state index is 12.1. The van der Waals surface area contributed by atoms with Crippen molar-refractivity contribution in [2.45, 2.75) is 6.92 Å². The third-order valence-electron chi connectivity index (χ3n) is 3.64. The summed E-state index contributed by atoms with van der Waals surface area (Å²) in [7, 11) is 1.29. The fourth-order valence-electron chi connectivity index (χ4n) is 2.32. The van der Waals surface area contributed by atoms with E-state index in [1.165, 1.54) is 18.9 Å². The zero-order valence-electron chi connectivity index (χ0n) is 13.9. The molecule has 2 aromatic carbocycles. The molecule has 1 heterocycles. The van der Waals surface area contributed by atoms with Crippen molar-refractivity contribution in [1.82, 2.24) is 0 Å². The summed E-state index contributed by atoms with van der Waals surface area (Å²) in [6, 6.07) is 17.2. The van der Waals surface area contributed by atoms with Gasteiger partial charge in [-0.3, -0.25) is 0 Å². The van der Waals surface area contributed by atoms with Gasteiger partial charge in [-0.1, -0.05) is 59.8 Å². The molecule has 0 amide bonds. The third kappa shape index (κ3) is 3.83. The van der Waals surface area contributed by atoms with Crippen LogP contribution in [-0.4, -0.2) is 23.2 Å².